The van der Waals surface area contributed by atoms with E-state index in [-0.39, 0.29) is 5.91 Å². The molecule has 1 saturated heterocycles. The molecular weight excluding hydrogens is 336 g/mol. The number of carbonyl (C=O) groups is 1. The zero-order valence-electron chi connectivity index (χ0n) is 13.9. The Hall–Kier alpha value is -2.67. The highest BCUT2D eigenvalue weighted by Gasteiger charge is 2.24. The Morgan fingerprint density at radius 1 is 1.36 bits per heavy atom. The van der Waals surface area contributed by atoms with Crippen molar-refractivity contribution in [2.75, 3.05) is 25.5 Å². The number of ether oxygens (including phenoxy) is 1. The number of pyridine rings is 2. The number of likely N-dealkylation sites (tertiary alicyclic amines) is 1. The molecule has 1 aliphatic heterocycles. The zero-order chi connectivity index (χ0) is 17.2. The summed E-state index contributed by atoms with van der Waals surface area (Å²) in [5.41, 5.74) is 1.58. The summed E-state index contributed by atoms with van der Waals surface area (Å²) in [6, 6.07) is 5.91. The lowest BCUT2D eigenvalue weighted by molar-refractivity contribution is 0.0648. The van der Waals surface area contributed by atoms with Crippen molar-refractivity contribution in [3.05, 3.63) is 48.0 Å². The van der Waals surface area contributed by atoms with E-state index in [0.29, 0.717) is 12.2 Å². The van der Waals surface area contributed by atoms with Crippen LogP contribution in [0, 0.1) is 0 Å². The zero-order valence-corrected chi connectivity index (χ0v) is 14.7. The molecule has 3 aromatic rings. The Morgan fingerprint density at radius 2 is 2.24 bits per heavy atom. The minimum Gasteiger partial charge on any atom is -0.495 e. The molecule has 1 N–H and O–H groups in total. The maximum Gasteiger partial charge on any atom is 0.273 e. The third kappa shape index (κ3) is 3.15. The van der Waals surface area contributed by atoms with Crippen LogP contribution in [0.4, 0.5) is 5.00 Å². The highest BCUT2D eigenvalue weighted by Crippen LogP contribution is 2.32. The molecule has 0 saturated carbocycles. The summed E-state index contributed by atoms with van der Waals surface area (Å²) < 4.78 is 6.26. The number of hydrogen-bond donors (Lipinski definition) is 1. The number of hydrogen-bond acceptors (Lipinski definition) is 6. The van der Waals surface area contributed by atoms with Crippen LogP contribution in [0.5, 0.6) is 5.75 Å². The molecule has 1 aliphatic rings. The summed E-state index contributed by atoms with van der Waals surface area (Å²) in [4.78, 5) is 22.9. The maximum absolute atomic E-state index is 12.5. The number of anilines is 1. The second-order valence-corrected chi connectivity index (χ2v) is 7.00. The second-order valence-electron chi connectivity index (χ2n) is 5.91. The minimum atomic E-state index is 0.0261. The summed E-state index contributed by atoms with van der Waals surface area (Å²) in [6.07, 6.45) is 6.28. The Labute approximate surface area is 149 Å². The molecule has 1 amide bonds. The van der Waals surface area contributed by atoms with Gasteiger partial charge in [0.1, 0.15) is 11.4 Å². The van der Waals surface area contributed by atoms with Crippen LogP contribution in [-0.4, -0.2) is 41.0 Å². The highest BCUT2D eigenvalue weighted by molar-refractivity contribution is 7.22. The number of amides is 1. The third-order valence-corrected chi connectivity index (χ3v) is 5.32. The number of methoxy groups -OCH3 is 1. The monoisotopic (exact) mass is 354 g/mol. The van der Waals surface area contributed by atoms with Crippen molar-refractivity contribution in [2.24, 2.45) is 0 Å². The first kappa shape index (κ1) is 15.8. The number of nitrogens with zero attached hydrogens (tertiary/aromatic N) is 3. The molecule has 0 aliphatic carbocycles. The Kier molecular flexibility index (Phi) is 4.23. The second kappa shape index (κ2) is 6.68. The molecule has 0 unspecified atom stereocenters. The lowest BCUT2D eigenvalue weighted by atomic mass is 10.1. The first-order valence-corrected chi connectivity index (χ1v) is 8.96. The quantitative estimate of drug-likeness (QED) is 0.762. The van der Waals surface area contributed by atoms with Gasteiger partial charge in [0.25, 0.3) is 5.91 Å². The van der Waals surface area contributed by atoms with E-state index < -0.39 is 0 Å². The molecular formula is C18H18N4O2S. The van der Waals surface area contributed by atoms with Gasteiger partial charge >= 0.3 is 0 Å². The van der Waals surface area contributed by atoms with Crippen molar-refractivity contribution in [3.8, 4) is 5.75 Å². The van der Waals surface area contributed by atoms with Crippen molar-refractivity contribution in [1.29, 1.82) is 0 Å². The summed E-state index contributed by atoms with van der Waals surface area (Å²) in [7, 11) is 1.63. The van der Waals surface area contributed by atoms with Crippen LogP contribution in [0.15, 0.2) is 36.8 Å². The largest absolute Gasteiger partial charge is 0.495 e. The molecule has 0 radical (unpaired) electrons. The highest BCUT2D eigenvalue weighted by atomic mass is 32.1. The van der Waals surface area contributed by atoms with Gasteiger partial charge in [0, 0.05) is 42.1 Å². The first-order chi connectivity index (χ1) is 12.2. The SMILES string of the molecule is COc1cncc(CNc2cc3c(C(=O)N4CCC4)nccc3s2)c1. The van der Waals surface area contributed by atoms with Crippen molar-refractivity contribution >= 4 is 32.3 Å². The van der Waals surface area contributed by atoms with Gasteiger partial charge in [-0.2, -0.15) is 0 Å². The van der Waals surface area contributed by atoms with Gasteiger partial charge in [-0.3, -0.25) is 14.8 Å². The topological polar surface area (TPSA) is 67.3 Å². The molecule has 7 heteroatoms. The van der Waals surface area contributed by atoms with E-state index in [1.807, 2.05) is 29.3 Å². The van der Waals surface area contributed by atoms with Crippen molar-refractivity contribution < 1.29 is 9.53 Å². The molecule has 4 heterocycles. The van der Waals surface area contributed by atoms with Gasteiger partial charge in [0.15, 0.2) is 0 Å². The predicted octanol–water partition coefficient (Wildman–Crippen LogP) is 3.16. The molecule has 4 rings (SSSR count). The van der Waals surface area contributed by atoms with Crippen LogP contribution in [-0.2, 0) is 6.54 Å². The summed E-state index contributed by atoms with van der Waals surface area (Å²) >= 11 is 1.62. The van der Waals surface area contributed by atoms with Crippen LogP contribution < -0.4 is 10.1 Å². The smallest absolute Gasteiger partial charge is 0.273 e. The van der Waals surface area contributed by atoms with Gasteiger partial charge in [-0.15, -0.1) is 11.3 Å². The van der Waals surface area contributed by atoms with E-state index in [9.17, 15) is 4.79 Å². The molecule has 0 atom stereocenters. The minimum absolute atomic E-state index is 0.0261. The van der Waals surface area contributed by atoms with E-state index >= 15 is 0 Å². The Morgan fingerprint density at radius 3 is 3.00 bits per heavy atom. The maximum atomic E-state index is 12.5. The molecule has 0 bridgehead atoms. The van der Waals surface area contributed by atoms with Gasteiger partial charge in [-0.1, -0.05) is 0 Å². The fraction of sp³-hybridized carbons (Fsp3) is 0.278. The number of thiophene rings is 1. The molecule has 3 aromatic heterocycles. The Bertz CT molecular complexity index is 920. The molecule has 128 valence electrons. The molecule has 1 fully saturated rings. The average molecular weight is 354 g/mol. The molecule has 0 spiro atoms. The number of carbonyl (C=O) groups excluding carboxylic acids is 1. The van der Waals surface area contributed by atoms with Crippen molar-refractivity contribution in [3.63, 3.8) is 0 Å². The van der Waals surface area contributed by atoms with Crippen LogP contribution in [0.2, 0.25) is 0 Å². The number of aromatic nitrogens is 2. The fourth-order valence-corrected chi connectivity index (χ4v) is 3.70. The molecule has 6 nitrogen and oxygen atoms in total. The van der Waals surface area contributed by atoms with Gasteiger partial charge in [0.05, 0.1) is 18.3 Å². The van der Waals surface area contributed by atoms with Crippen LogP contribution in [0.1, 0.15) is 22.5 Å². The van der Waals surface area contributed by atoms with Crippen molar-refractivity contribution in [2.45, 2.75) is 13.0 Å². The van der Waals surface area contributed by atoms with Crippen LogP contribution >= 0.6 is 11.3 Å². The fourth-order valence-electron chi connectivity index (χ4n) is 2.75. The average Bonchev–Trinajstić information content (AvgIpc) is 3.01. The molecule has 25 heavy (non-hydrogen) atoms. The van der Waals surface area contributed by atoms with E-state index in [4.69, 9.17) is 4.74 Å². The number of fused-ring (bicyclic) bond motifs is 1. The van der Waals surface area contributed by atoms with Gasteiger partial charge in [-0.25, -0.2) is 0 Å². The normalized spacial score (nSPS) is 13.6. The van der Waals surface area contributed by atoms with E-state index in [2.05, 4.69) is 15.3 Å². The van der Waals surface area contributed by atoms with E-state index in [0.717, 1.165) is 45.9 Å². The lowest BCUT2D eigenvalue weighted by Gasteiger charge is -2.30. The van der Waals surface area contributed by atoms with Gasteiger partial charge in [0.2, 0.25) is 0 Å². The third-order valence-electron chi connectivity index (χ3n) is 4.26. The predicted molar refractivity (Wildman–Crippen MR) is 98.3 cm³/mol. The van der Waals surface area contributed by atoms with Crippen LogP contribution in [0.25, 0.3) is 10.1 Å². The number of rotatable bonds is 5. The molecule has 0 aromatic carbocycles. The van der Waals surface area contributed by atoms with Crippen molar-refractivity contribution in [1.82, 2.24) is 14.9 Å². The van der Waals surface area contributed by atoms with Gasteiger partial charge < -0.3 is 15.0 Å². The van der Waals surface area contributed by atoms with Gasteiger partial charge in [-0.05, 0) is 30.2 Å². The summed E-state index contributed by atoms with van der Waals surface area (Å²) in [6.45, 7) is 2.30. The van der Waals surface area contributed by atoms with Crippen LogP contribution in [0.3, 0.4) is 0 Å². The summed E-state index contributed by atoms with van der Waals surface area (Å²) in [5, 5.41) is 5.31. The standard InChI is InChI=1S/C18H18N4O2S/c1-24-13-7-12(9-19-11-13)10-21-16-8-14-15(25-16)3-4-20-17(14)18(23)22-5-2-6-22/h3-4,7-9,11,21H,2,5-6,10H2,1H3. The number of nitrogens with one attached hydrogen (secondary N) is 1. The van der Waals surface area contributed by atoms with E-state index in [1.165, 1.54) is 0 Å². The van der Waals surface area contributed by atoms with E-state index in [1.54, 1.807) is 30.8 Å². The summed E-state index contributed by atoms with van der Waals surface area (Å²) in [5.74, 6) is 0.764. The Balaban J connectivity index is 1.55. The lowest BCUT2D eigenvalue weighted by Crippen LogP contribution is -2.42. The first-order valence-electron chi connectivity index (χ1n) is 8.14.